The first-order chi connectivity index (χ1) is 9.06. The van der Waals surface area contributed by atoms with Gasteiger partial charge in [-0.3, -0.25) is 0 Å². The lowest BCUT2D eigenvalue weighted by atomic mass is 10.1. The number of aliphatic hydroxyl groups is 1. The molecule has 0 aliphatic carbocycles. The molecule has 4 heteroatoms. The van der Waals surface area contributed by atoms with Gasteiger partial charge in [0.2, 0.25) is 0 Å². The van der Waals surface area contributed by atoms with Crippen LogP contribution in [0.25, 0.3) is 5.69 Å². The fourth-order valence-electron chi connectivity index (χ4n) is 2.06. The van der Waals surface area contributed by atoms with Gasteiger partial charge in [-0.25, -0.2) is 4.68 Å². The number of hydrogen-bond acceptors (Lipinski definition) is 2. The number of aliphatic hydroxyl groups excluding tert-OH is 1. The van der Waals surface area contributed by atoms with Crippen molar-refractivity contribution >= 4 is 11.6 Å². The maximum atomic E-state index is 9.57. The number of aryl methyl sites for hydroxylation is 2. The van der Waals surface area contributed by atoms with E-state index >= 15 is 0 Å². The summed E-state index contributed by atoms with van der Waals surface area (Å²) in [5.74, 6) is 0. The smallest absolute Gasteiger partial charge is 0.0835 e. The van der Waals surface area contributed by atoms with E-state index in [1.807, 2.05) is 16.8 Å². The van der Waals surface area contributed by atoms with Crippen molar-refractivity contribution in [3.8, 4) is 5.69 Å². The largest absolute Gasteiger partial charge is 0.389 e. The van der Waals surface area contributed by atoms with Gasteiger partial charge in [-0.15, -0.1) is 0 Å². The van der Waals surface area contributed by atoms with Crippen molar-refractivity contribution in [2.24, 2.45) is 0 Å². The maximum Gasteiger partial charge on any atom is 0.0835 e. The number of nitrogens with zero attached hydrogens (tertiary/aromatic N) is 2. The van der Waals surface area contributed by atoms with Crippen LogP contribution in [-0.2, 0) is 12.8 Å². The third-order valence-corrected chi connectivity index (χ3v) is 3.54. The molecule has 0 amide bonds. The Bertz CT molecular complexity index is 576. The predicted octanol–water partition coefficient (Wildman–Crippen LogP) is 3.70. The van der Waals surface area contributed by atoms with E-state index in [4.69, 9.17) is 11.6 Å². The lowest BCUT2D eigenvalue weighted by molar-refractivity contribution is 0.199. The topological polar surface area (TPSA) is 38.0 Å². The average molecular weight is 279 g/mol. The lowest BCUT2D eigenvalue weighted by Gasteiger charge is -2.11. The summed E-state index contributed by atoms with van der Waals surface area (Å²) >= 11 is 6.32. The molecule has 1 heterocycles. The van der Waals surface area contributed by atoms with Crippen LogP contribution in [-0.4, -0.2) is 14.9 Å². The van der Waals surface area contributed by atoms with E-state index in [1.54, 1.807) is 13.0 Å². The molecule has 0 bridgehead atoms. The van der Waals surface area contributed by atoms with Crippen molar-refractivity contribution in [1.82, 2.24) is 9.78 Å². The molecule has 102 valence electrons. The molecule has 19 heavy (non-hydrogen) atoms. The number of aromatic nitrogens is 2. The van der Waals surface area contributed by atoms with Gasteiger partial charge in [0, 0.05) is 5.69 Å². The van der Waals surface area contributed by atoms with Crippen LogP contribution in [0.2, 0.25) is 5.02 Å². The molecule has 2 aromatic rings. The SMILES string of the molecule is CCc1cc(CC)n(-c2ccc([C@H](C)O)cc2Cl)n1. The lowest BCUT2D eigenvalue weighted by Crippen LogP contribution is -2.03. The second kappa shape index (κ2) is 5.76. The molecule has 1 aromatic heterocycles. The highest BCUT2D eigenvalue weighted by Gasteiger charge is 2.12. The molecule has 1 N–H and O–H groups in total. The molecule has 1 atom stereocenters. The Morgan fingerprint density at radius 2 is 2.00 bits per heavy atom. The van der Waals surface area contributed by atoms with E-state index in [-0.39, 0.29) is 0 Å². The number of benzene rings is 1. The molecular weight excluding hydrogens is 260 g/mol. The van der Waals surface area contributed by atoms with Crippen LogP contribution in [0, 0.1) is 0 Å². The van der Waals surface area contributed by atoms with Crippen molar-refractivity contribution in [3.05, 3.63) is 46.2 Å². The van der Waals surface area contributed by atoms with Gasteiger partial charge >= 0.3 is 0 Å². The fourth-order valence-corrected chi connectivity index (χ4v) is 2.33. The first-order valence-corrected chi connectivity index (χ1v) is 7.00. The van der Waals surface area contributed by atoms with Crippen molar-refractivity contribution in [3.63, 3.8) is 0 Å². The minimum absolute atomic E-state index is 0.513. The minimum atomic E-state index is -0.513. The highest BCUT2D eigenvalue weighted by molar-refractivity contribution is 6.32. The molecular formula is C15H19ClN2O. The third kappa shape index (κ3) is 2.82. The Morgan fingerprint density at radius 1 is 1.26 bits per heavy atom. The van der Waals surface area contributed by atoms with E-state index in [1.165, 1.54) is 0 Å². The van der Waals surface area contributed by atoms with E-state index < -0.39 is 6.10 Å². The van der Waals surface area contributed by atoms with Crippen LogP contribution in [0.4, 0.5) is 0 Å². The first kappa shape index (κ1) is 14.1. The molecule has 0 saturated heterocycles. The summed E-state index contributed by atoms with van der Waals surface area (Å²) in [6, 6.07) is 7.71. The molecule has 0 saturated carbocycles. The molecule has 0 radical (unpaired) electrons. The zero-order chi connectivity index (χ0) is 14.0. The Morgan fingerprint density at radius 3 is 2.53 bits per heavy atom. The Hall–Kier alpha value is -1.32. The quantitative estimate of drug-likeness (QED) is 0.926. The zero-order valence-corrected chi connectivity index (χ0v) is 12.3. The number of halogens is 1. The van der Waals surface area contributed by atoms with E-state index in [0.717, 1.165) is 35.5 Å². The van der Waals surface area contributed by atoms with Crippen LogP contribution in [0.1, 0.15) is 43.8 Å². The van der Waals surface area contributed by atoms with Gasteiger partial charge in [0.15, 0.2) is 0 Å². The number of rotatable bonds is 4. The molecule has 2 rings (SSSR count). The van der Waals surface area contributed by atoms with E-state index in [9.17, 15) is 5.11 Å². The fraction of sp³-hybridized carbons (Fsp3) is 0.400. The van der Waals surface area contributed by atoms with Gasteiger partial charge in [-0.1, -0.05) is 31.5 Å². The summed E-state index contributed by atoms with van der Waals surface area (Å²) in [6.07, 6.45) is 1.30. The van der Waals surface area contributed by atoms with E-state index in [2.05, 4.69) is 25.0 Å². The maximum absolute atomic E-state index is 9.57. The Kier molecular flexibility index (Phi) is 4.27. The third-order valence-electron chi connectivity index (χ3n) is 3.24. The van der Waals surface area contributed by atoms with Gasteiger partial charge in [0.25, 0.3) is 0 Å². The van der Waals surface area contributed by atoms with Crippen molar-refractivity contribution in [1.29, 1.82) is 0 Å². The van der Waals surface area contributed by atoms with Crippen LogP contribution in [0.3, 0.4) is 0 Å². The molecule has 0 fully saturated rings. The summed E-state index contributed by atoms with van der Waals surface area (Å²) in [7, 11) is 0. The second-order valence-corrected chi connectivity index (χ2v) is 5.04. The van der Waals surface area contributed by atoms with Gasteiger partial charge in [-0.05, 0) is 43.5 Å². The van der Waals surface area contributed by atoms with Crippen LogP contribution < -0.4 is 0 Å². The standard InChI is InChI=1S/C15H19ClN2O/c1-4-12-9-13(5-2)18(17-12)15-7-6-11(10(3)19)8-14(15)16/h6-10,19H,4-5H2,1-3H3/t10-/m0/s1. The molecule has 0 unspecified atom stereocenters. The normalized spacial score (nSPS) is 12.7. The summed E-state index contributed by atoms with van der Waals surface area (Å²) in [5, 5.41) is 14.8. The van der Waals surface area contributed by atoms with Gasteiger partial charge < -0.3 is 5.11 Å². The van der Waals surface area contributed by atoms with Gasteiger partial charge in [0.1, 0.15) is 0 Å². The van der Waals surface area contributed by atoms with Crippen LogP contribution in [0.5, 0.6) is 0 Å². The summed E-state index contributed by atoms with van der Waals surface area (Å²) < 4.78 is 1.90. The first-order valence-electron chi connectivity index (χ1n) is 6.62. The molecule has 0 spiro atoms. The molecule has 0 aliphatic rings. The minimum Gasteiger partial charge on any atom is -0.389 e. The second-order valence-electron chi connectivity index (χ2n) is 4.63. The van der Waals surface area contributed by atoms with Crippen molar-refractivity contribution in [2.45, 2.75) is 39.7 Å². The van der Waals surface area contributed by atoms with Crippen molar-refractivity contribution < 1.29 is 5.11 Å². The summed E-state index contributed by atoms with van der Waals surface area (Å²) in [6.45, 7) is 5.92. The predicted molar refractivity (Wildman–Crippen MR) is 78.0 cm³/mol. The number of hydrogen-bond donors (Lipinski definition) is 1. The van der Waals surface area contributed by atoms with Gasteiger partial charge in [-0.2, -0.15) is 5.10 Å². The van der Waals surface area contributed by atoms with Crippen LogP contribution >= 0.6 is 11.6 Å². The molecule has 0 aliphatic heterocycles. The average Bonchev–Trinajstić information content (AvgIpc) is 2.81. The van der Waals surface area contributed by atoms with Crippen LogP contribution in [0.15, 0.2) is 24.3 Å². The Labute approximate surface area is 118 Å². The molecule has 1 aromatic carbocycles. The summed E-state index contributed by atoms with van der Waals surface area (Å²) in [5.41, 5.74) is 3.88. The zero-order valence-electron chi connectivity index (χ0n) is 11.5. The Balaban J connectivity index is 2.49. The monoisotopic (exact) mass is 278 g/mol. The highest BCUT2D eigenvalue weighted by Crippen LogP contribution is 2.26. The highest BCUT2D eigenvalue weighted by atomic mass is 35.5. The van der Waals surface area contributed by atoms with Gasteiger partial charge in [0.05, 0.1) is 22.5 Å². The molecule has 3 nitrogen and oxygen atoms in total. The summed E-state index contributed by atoms with van der Waals surface area (Å²) in [4.78, 5) is 0. The van der Waals surface area contributed by atoms with E-state index in [0.29, 0.717) is 5.02 Å². The van der Waals surface area contributed by atoms with Crippen molar-refractivity contribution in [2.75, 3.05) is 0 Å².